The van der Waals surface area contributed by atoms with Crippen molar-refractivity contribution < 1.29 is 14.3 Å². The van der Waals surface area contributed by atoms with Gasteiger partial charge in [0.05, 0.1) is 5.69 Å². The van der Waals surface area contributed by atoms with Crippen molar-refractivity contribution in [1.29, 1.82) is 0 Å². The Morgan fingerprint density at radius 1 is 1.33 bits per heavy atom. The van der Waals surface area contributed by atoms with E-state index in [1.807, 2.05) is 0 Å². The molecule has 0 spiro atoms. The molecule has 0 aliphatic heterocycles. The van der Waals surface area contributed by atoms with Crippen molar-refractivity contribution in [3.8, 4) is 11.3 Å². The minimum Gasteiger partial charge on any atom is -0.481 e. The Hall–Kier alpha value is -2.50. The summed E-state index contributed by atoms with van der Waals surface area (Å²) in [6.07, 6.45) is 0.0245. The van der Waals surface area contributed by atoms with Crippen molar-refractivity contribution in [3.05, 3.63) is 52.1 Å². The van der Waals surface area contributed by atoms with Crippen LogP contribution >= 0.6 is 0 Å². The van der Waals surface area contributed by atoms with Crippen LogP contribution in [0.1, 0.15) is 18.9 Å². The lowest BCUT2D eigenvalue weighted by Crippen LogP contribution is -2.26. The van der Waals surface area contributed by atoms with Crippen LogP contribution in [0.4, 0.5) is 4.39 Å². The smallest absolute Gasteiger partial charge is 0.303 e. The molecule has 0 radical (unpaired) electrons. The highest BCUT2D eigenvalue weighted by Crippen LogP contribution is 2.17. The van der Waals surface area contributed by atoms with E-state index in [-0.39, 0.29) is 24.2 Å². The van der Waals surface area contributed by atoms with Crippen LogP contribution in [0.25, 0.3) is 11.3 Å². The summed E-state index contributed by atoms with van der Waals surface area (Å²) in [5, 5.41) is 13.0. The van der Waals surface area contributed by atoms with Gasteiger partial charge in [-0.15, -0.1) is 0 Å². The van der Waals surface area contributed by atoms with Gasteiger partial charge in [0.2, 0.25) is 0 Å². The first kappa shape index (κ1) is 14.9. The van der Waals surface area contributed by atoms with Crippen molar-refractivity contribution >= 4 is 5.97 Å². The third kappa shape index (κ3) is 3.53. The summed E-state index contributed by atoms with van der Waals surface area (Å²) in [5.41, 5.74) is 1.31. The molecule has 21 heavy (non-hydrogen) atoms. The van der Waals surface area contributed by atoms with Gasteiger partial charge >= 0.3 is 5.97 Å². The van der Waals surface area contributed by atoms with E-state index >= 15 is 0 Å². The number of aromatic nitrogens is 2. The third-order valence-corrected chi connectivity index (χ3v) is 3.10. The number of aliphatic carboxylic acids is 1. The largest absolute Gasteiger partial charge is 0.481 e. The lowest BCUT2D eigenvalue weighted by molar-refractivity contribution is -0.136. The maximum Gasteiger partial charge on any atom is 0.303 e. The molecule has 5 nitrogen and oxygen atoms in total. The summed E-state index contributed by atoms with van der Waals surface area (Å²) in [6.45, 7) is 2.16. The van der Waals surface area contributed by atoms with E-state index in [1.165, 1.54) is 16.8 Å². The Morgan fingerprint density at radius 2 is 2.00 bits per heavy atom. The van der Waals surface area contributed by atoms with Gasteiger partial charge in [0.15, 0.2) is 0 Å². The number of nitrogens with zero attached hydrogens (tertiary/aromatic N) is 2. The predicted octanol–water partition coefficient (Wildman–Crippen LogP) is 2.09. The van der Waals surface area contributed by atoms with E-state index in [1.54, 1.807) is 25.1 Å². The fraction of sp³-hybridized carbons (Fsp3) is 0.267. The molecule has 0 saturated carbocycles. The quantitative estimate of drug-likeness (QED) is 0.915. The first-order chi connectivity index (χ1) is 10.0. The average Bonchev–Trinajstić information content (AvgIpc) is 2.47. The molecule has 0 aliphatic carbocycles. The molecule has 0 aliphatic rings. The number of rotatable bonds is 5. The van der Waals surface area contributed by atoms with Gasteiger partial charge in [-0.3, -0.25) is 9.59 Å². The number of hydrogen-bond acceptors (Lipinski definition) is 3. The Labute approximate surface area is 120 Å². The van der Waals surface area contributed by atoms with E-state index in [4.69, 9.17) is 5.11 Å². The average molecular weight is 290 g/mol. The van der Waals surface area contributed by atoms with E-state index in [0.29, 0.717) is 23.4 Å². The van der Waals surface area contributed by atoms with E-state index < -0.39 is 5.97 Å². The molecule has 0 saturated heterocycles. The summed E-state index contributed by atoms with van der Waals surface area (Å²) < 4.78 is 14.2. The van der Waals surface area contributed by atoms with Gasteiger partial charge in [0.1, 0.15) is 5.82 Å². The second-order valence-electron chi connectivity index (χ2n) is 4.58. The number of hydrogen-bond donors (Lipinski definition) is 1. The van der Waals surface area contributed by atoms with E-state index in [9.17, 15) is 14.0 Å². The van der Waals surface area contributed by atoms with Crippen molar-refractivity contribution in [1.82, 2.24) is 9.78 Å². The number of carbonyl (C=O) groups is 1. The van der Waals surface area contributed by atoms with Crippen molar-refractivity contribution in [3.63, 3.8) is 0 Å². The van der Waals surface area contributed by atoms with Crippen molar-refractivity contribution in [2.24, 2.45) is 0 Å². The van der Waals surface area contributed by atoms with Gasteiger partial charge in [0.25, 0.3) is 5.56 Å². The zero-order chi connectivity index (χ0) is 15.4. The fourth-order valence-corrected chi connectivity index (χ4v) is 1.99. The van der Waals surface area contributed by atoms with Crippen LogP contribution in [0.3, 0.4) is 0 Å². The van der Waals surface area contributed by atoms with Gasteiger partial charge in [0, 0.05) is 24.1 Å². The zero-order valence-electron chi connectivity index (χ0n) is 11.5. The van der Waals surface area contributed by atoms with E-state index in [0.717, 1.165) is 0 Å². The molecule has 1 N–H and O–H groups in total. The first-order valence-electron chi connectivity index (χ1n) is 6.60. The molecule has 110 valence electrons. The third-order valence-electron chi connectivity index (χ3n) is 3.10. The standard InChI is InChI=1S/C15H15FN2O3/c1-2-18-15(21)11(5-8-14(19)20)9-13(17-18)10-3-6-12(16)7-4-10/h3-4,6-7,9H,2,5,8H2,1H3,(H,19,20). The summed E-state index contributed by atoms with van der Waals surface area (Å²) >= 11 is 0. The molecule has 1 aromatic heterocycles. The van der Waals surface area contributed by atoms with Gasteiger partial charge in [-0.1, -0.05) is 0 Å². The zero-order valence-corrected chi connectivity index (χ0v) is 11.5. The second kappa shape index (κ2) is 6.30. The molecule has 0 amide bonds. The Bertz CT molecular complexity index is 708. The summed E-state index contributed by atoms with van der Waals surface area (Å²) in [6, 6.07) is 7.35. The summed E-state index contributed by atoms with van der Waals surface area (Å²) in [5.74, 6) is -1.31. The predicted molar refractivity (Wildman–Crippen MR) is 75.5 cm³/mol. The number of aryl methyl sites for hydroxylation is 2. The maximum atomic E-state index is 13.0. The van der Waals surface area contributed by atoms with Crippen LogP contribution in [0.2, 0.25) is 0 Å². The van der Waals surface area contributed by atoms with Gasteiger partial charge in [-0.25, -0.2) is 9.07 Å². The highest BCUT2D eigenvalue weighted by molar-refractivity contribution is 5.67. The Morgan fingerprint density at radius 3 is 2.57 bits per heavy atom. The SMILES string of the molecule is CCn1nc(-c2ccc(F)cc2)cc(CCC(=O)O)c1=O. The highest BCUT2D eigenvalue weighted by atomic mass is 19.1. The topological polar surface area (TPSA) is 72.2 Å². The van der Waals surface area contributed by atoms with Crippen molar-refractivity contribution in [2.75, 3.05) is 0 Å². The lowest BCUT2D eigenvalue weighted by atomic mass is 10.1. The molecular weight excluding hydrogens is 275 g/mol. The number of halogens is 1. The molecule has 0 fully saturated rings. The molecule has 2 aromatic rings. The van der Waals surface area contributed by atoms with Gasteiger partial charge < -0.3 is 5.11 Å². The van der Waals surface area contributed by atoms with Gasteiger partial charge in [-0.2, -0.15) is 5.10 Å². The van der Waals surface area contributed by atoms with Crippen LogP contribution in [-0.4, -0.2) is 20.9 Å². The van der Waals surface area contributed by atoms with Crippen LogP contribution in [-0.2, 0) is 17.8 Å². The molecule has 2 rings (SSSR count). The minimum absolute atomic E-state index is 0.119. The monoisotopic (exact) mass is 290 g/mol. The molecule has 0 atom stereocenters. The lowest BCUT2D eigenvalue weighted by Gasteiger charge is -2.09. The molecule has 6 heteroatoms. The summed E-state index contributed by atoms with van der Waals surface area (Å²) in [4.78, 5) is 22.8. The first-order valence-corrected chi connectivity index (χ1v) is 6.60. The molecular formula is C15H15FN2O3. The van der Waals surface area contributed by atoms with E-state index in [2.05, 4.69) is 5.10 Å². The number of benzene rings is 1. The normalized spacial score (nSPS) is 10.6. The highest BCUT2D eigenvalue weighted by Gasteiger charge is 2.10. The molecule has 0 unspecified atom stereocenters. The molecule has 1 heterocycles. The van der Waals surface area contributed by atoms with Crippen LogP contribution in [0.5, 0.6) is 0 Å². The maximum absolute atomic E-state index is 13.0. The number of carboxylic acid groups (broad SMARTS) is 1. The van der Waals surface area contributed by atoms with Crippen LogP contribution in [0, 0.1) is 5.82 Å². The van der Waals surface area contributed by atoms with Crippen molar-refractivity contribution in [2.45, 2.75) is 26.3 Å². The van der Waals surface area contributed by atoms with Crippen LogP contribution in [0.15, 0.2) is 35.1 Å². The fourth-order valence-electron chi connectivity index (χ4n) is 1.99. The Kier molecular flexibility index (Phi) is 4.47. The Balaban J connectivity index is 2.46. The van der Waals surface area contributed by atoms with Gasteiger partial charge in [-0.05, 0) is 43.7 Å². The summed E-state index contributed by atoms with van der Waals surface area (Å²) in [7, 11) is 0. The minimum atomic E-state index is -0.961. The second-order valence-corrected chi connectivity index (χ2v) is 4.58. The van der Waals surface area contributed by atoms with Crippen LogP contribution < -0.4 is 5.56 Å². The number of carboxylic acids is 1. The molecule has 0 bridgehead atoms. The molecule has 1 aromatic carbocycles.